The first-order chi connectivity index (χ1) is 9.02. The molecular formula is C13H19BrN2O2S. The molecule has 0 radical (unpaired) electrons. The van der Waals surface area contributed by atoms with Crippen LogP contribution in [0.2, 0.25) is 0 Å². The molecule has 1 saturated heterocycles. The molecule has 0 spiro atoms. The van der Waals surface area contributed by atoms with Gasteiger partial charge in [0.2, 0.25) is 0 Å². The Morgan fingerprint density at radius 1 is 1.32 bits per heavy atom. The van der Waals surface area contributed by atoms with Crippen molar-refractivity contribution < 1.29 is 8.42 Å². The summed E-state index contributed by atoms with van der Waals surface area (Å²) < 4.78 is 24.3. The van der Waals surface area contributed by atoms with E-state index in [1.54, 1.807) is 0 Å². The highest BCUT2D eigenvalue weighted by atomic mass is 79.9. The van der Waals surface area contributed by atoms with Crippen LogP contribution in [0.15, 0.2) is 22.7 Å². The van der Waals surface area contributed by atoms with Crippen LogP contribution in [0.4, 0.5) is 5.69 Å². The van der Waals surface area contributed by atoms with E-state index < -0.39 is 9.84 Å². The molecule has 0 aliphatic carbocycles. The fourth-order valence-corrected chi connectivity index (χ4v) is 4.25. The number of hydrogen-bond acceptors (Lipinski definition) is 4. The van der Waals surface area contributed by atoms with Gasteiger partial charge in [-0.25, -0.2) is 8.42 Å². The maximum absolute atomic E-state index is 11.6. The molecule has 1 aromatic rings. The second-order valence-corrected chi connectivity index (χ2v) is 7.97. The monoisotopic (exact) mass is 346 g/mol. The molecule has 4 nitrogen and oxygen atoms in total. The number of sulfone groups is 1. The molecule has 1 aromatic carbocycles. The molecule has 0 aromatic heterocycles. The smallest absolute Gasteiger partial charge is 0.152 e. The number of nitrogens with zero attached hydrogens (tertiary/aromatic N) is 1. The minimum Gasteiger partial charge on any atom is -0.370 e. The standard InChI is InChI=1S/C13H19BrN2O2S/c1-15-10-11-3-4-13(12(14)9-11)16-5-2-7-19(17,18)8-6-16/h3-4,9,15H,2,5-8,10H2,1H3. The number of hydrogen-bond donors (Lipinski definition) is 1. The van der Waals surface area contributed by atoms with Crippen LogP contribution in [0, 0.1) is 0 Å². The van der Waals surface area contributed by atoms with Crippen molar-refractivity contribution in [2.24, 2.45) is 0 Å². The summed E-state index contributed by atoms with van der Waals surface area (Å²) in [5.41, 5.74) is 2.29. The summed E-state index contributed by atoms with van der Waals surface area (Å²) in [4.78, 5) is 2.15. The topological polar surface area (TPSA) is 49.4 Å². The van der Waals surface area contributed by atoms with Crippen molar-refractivity contribution in [3.8, 4) is 0 Å². The highest BCUT2D eigenvalue weighted by Gasteiger charge is 2.20. The van der Waals surface area contributed by atoms with Gasteiger partial charge in [0.05, 0.1) is 17.2 Å². The highest BCUT2D eigenvalue weighted by molar-refractivity contribution is 9.10. The van der Waals surface area contributed by atoms with Gasteiger partial charge in [-0.1, -0.05) is 6.07 Å². The first kappa shape index (κ1) is 14.8. The molecule has 1 N–H and O–H groups in total. The van der Waals surface area contributed by atoms with E-state index in [4.69, 9.17) is 0 Å². The molecule has 2 rings (SSSR count). The van der Waals surface area contributed by atoms with E-state index in [0.717, 1.165) is 23.2 Å². The summed E-state index contributed by atoms with van der Waals surface area (Å²) in [5.74, 6) is 0.552. The van der Waals surface area contributed by atoms with Crippen LogP contribution in [0.3, 0.4) is 0 Å². The van der Waals surface area contributed by atoms with Crippen molar-refractivity contribution in [2.45, 2.75) is 13.0 Å². The van der Waals surface area contributed by atoms with E-state index >= 15 is 0 Å². The summed E-state index contributed by atoms with van der Waals surface area (Å²) in [6.07, 6.45) is 0.701. The van der Waals surface area contributed by atoms with Gasteiger partial charge in [0.1, 0.15) is 0 Å². The van der Waals surface area contributed by atoms with Crippen LogP contribution in [-0.4, -0.2) is 40.1 Å². The quantitative estimate of drug-likeness (QED) is 0.906. The Kier molecular flexibility index (Phi) is 4.86. The van der Waals surface area contributed by atoms with Crippen molar-refractivity contribution in [1.82, 2.24) is 5.32 Å². The Labute approximate surface area is 123 Å². The first-order valence-electron chi connectivity index (χ1n) is 6.40. The van der Waals surface area contributed by atoms with Gasteiger partial charge in [-0.15, -0.1) is 0 Å². The van der Waals surface area contributed by atoms with E-state index in [-0.39, 0.29) is 5.75 Å². The van der Waals surface area contributed by atoms with Crippen LogP contribution in [0.1, 0.15) is 12.0 Å². The zero-order chi connectivity index (χ0) is 13.9. The summed E-state index contributed by atoms with van der Waals surface area (Å²) in [7, 11) is -0.939. The van der Waals surface area contributed by atoms with Crippen LogP contribution >= 0.6 is 15.9 Å². The Morgan fingerprint density at radius 3 is 2.79 bits per heavy atom. The summed E-state index contributed by atoms with van der Waals surface area (Å²) in [6, 6.07) is 6.23. The average Bonchev–Trinajstić information content (AvgIpc) is 2.51. The zero-order valence-electron chi connectivity index (χ0n) is 11.0. The molecule has 1 fully saturated rings. The van der Waals surface area contributed by atoms with Gasteiger partial charge in [-0.05, 0) is 47.1 Å². The molecular weight excluding hydrogens is 328 g/mol. The fraction of sp³-hybridized carbons (Fsp3) is 0.538. The predicted octanol–water partition coefficient (Wildman–Crippen LogP) is 1.79. The molecule has 106 valence electrons. The highest BCUT2D eigenvalue weighted by Crippen LogP contribution is 2.28. The normalized spacial score (nSPS) is 19.2. The van der Waals surface area contributed by atoms with Gasteiger partial charge in [0.15, 0.2) is 9.84 Å². The Morgan fingerprint density at radius 2 is 2.11 bits per heavy atom. The minimum atomic E-state index is -2.86. The van der Waals surface area contributed by atoms with Crippen LogP contribution in [0.5, 0.6) is 0 Å². The third kappa shape index (κ3) is 3.94. The lowest BCUT2D eigenvalue weighted by atomic mass is 10.2. The maximum atomic E-state index is 11.6. The molecule has 0 bridgehead atoms. The van der Waals surface area contributed by atoms with E-state index in [9.17, 15) is 8.42 Å². The lowest BCUT2D eigenvalue weighted by Crippen LogP contribution is -2.27. The number of halogens is 1. The molecule has 1 heterocycles. The molecule has 0 saturated carbocycles. The van der Waals surface area contributed by atoms with Crippen molar-refractivity contribution in [2.75, 3.05) is 36.5 Å². The molecule has 0 amide bonds. The van der Waals surface area contributed by atoms with Gasteiger partial charge in [-0.3, -0.25) is 0 Å². The average molecular weight is 347 g/mol. The van der Waals surface area contributed by atoms with Gasteiger partial charge in [-0.2, -0.15) is 0 Å². The van der Waals surface area contributed by atoms with Gasteiger partial charge in [0, 0.05) is 24.1 Å². The number of anilines is 1. The maximum Gasteiger partial charge on any atom is 0.152 e. The summed E-state index contributed by atoms with van der Waals surface area (Å²) >= 11 is 3.59. The number of nitrogens with one attached hydrogen (secondary N) is 1. The minimum absolute atomic E-state index is 0.248. The van der Waals surface area contributed by atoms with Crippen molar-refractivity contribution in [3.05, 3.63) is 28.2 Å². The Hall–Kier alpha value is -0.590. The third-order valence-electron chi connectivity index (χ3n) is 3.29. The predicted molar refractivity (Wildman–Crippen MR) is 82.4 cm³/mol. The van der Waals surface area contributed by atoms with E-state index in [2.05, 4.69) is 44.3 Å². The Bertz CT molecular complexity index is 546. The second-order valence-electron chi connectivity index (χ2n) is 4.81. The molecule has 1 aliphatic heterocycles. The van der Waals surface area contributed by atoms with Crippen LogP contribution < -0.4 is 10.2 Å². The molecule has 6 heteroatoms. The van der Waals surface area contributed by atoms with E-state index in [0.29, 0.717) is 18.7 Å². The molecule has 0 unspecified atom stereocenters. The van der Waals surface area contributed by atoms with E-state index in [1.165, 1.54) is 5.56 Å². The van der Waals surface area contributed by atoms with Gasteiger partial charge < -0.3 is 10.2 Å². The fourth-order valence-electron chi connectivity index (χ4n) is 2.30. The molecule has 0 atom stereocenters. The first-order valence-corrected chi connectivity index (χ1v) is 9.02. The largest absolute Gasteiger partial charge is 0.370 e. The number of rotatable bonds is 3. The van der Waals surface area contributed by atoms with E-state index in [1.807, 2.05) is 7.05 Å². The SMILES string of the molecule is CNCc1ccc(N2CCCS(=O)(=O)CC2)c(Br)c1. The zero-order valence-corrected chi connectivity index (χ0v) is 13.4. The molecule has 19 heavy (non-hydrogen) atoms. The molecule has 1 aliphatic rings. The second kappa shape index (κ2) is 6.24. The van der Waals surface area contributed by atoms with Gasteiger partial charge in [0.25, 0.3) is 0 Å². The van der Waals surface area contributed by atoms with Gasteiger partial charge >= 0.3 is 0 Å². The van der Waals surface area contributed by atoms with Crippen LogP contribution in [0.25, 0.3) is 0 Å². The Balaban J connectivity index is 2.17. The van der Waals surface area contributed by atoms with Crippen LogP contribution in [-0.2, 0) is 16.4 Å². The third-order valence-corrected chi connectivity index (χ3v) is 5.64. The number of benzene rings is 1. The lowest BCUT2D eigenvalue weighted by molar-refractivity contribution is 0.597. The lowest BCUT2D eigenvalue weighted by Gasteiger charge is -2.23. The van der Waals surface area contributed by atoms with Crippen molar-refractivity contribution in [1.29, 1.82) is 0 Å². The summed E-state index contributed by atoms with van der Waals surface area (Å²) in [6.45, 7) is 2.20. The summed E-state index contributed by atoms with van der Waals surface area (Å²) in [5, 5.41) is 3.12. The van der Waals surface area contributed by atoms with Crippen molar-refractivity contribution in [3.63, 3.8) is 0 Å². The van der Waals surface area contributed by atoms with Crippen molar-refractivity contribution >= 4 is 31.5 Å².